The third kappa shape index (κ3) is 4.87. The van der Waals surface area contributed by atoms with Crippen LogP contribution < -0.4 is 10.1 Å². The average molecular weight is 287 g/mol. The van der Waals surface area contributed by atoms with Crippen molar-refractivity contribution in [1.29, 1.82) is 0 Å². The zero-order valence-electron chi connectivity index (χ0n) is 11.9. The molecule has 4 nitrogen and oxygen atoms in total. The topological polar surface area (TPSA) is 47.0 Å². The Bertz CT molecular complexity index is 587. The van der Waals surface area contributed by atoms with E-state index in [1.807, 2.05) is 0 Å². The molecule has 0 saturated heterocycles. The van der Waals surface area contributed by atoms with Gasteiger partial charge >= 0.3 is 0 Å². The van der Waals surface area contributed by atoms with Crippen LogP contribution >= 0.6 is 0 Å². The van der Waals surface area contributed by atoms with Gasteiger partial charge in [0, 0.05) is 18.0 Å². The van der Waals surface area contributed by atoms with Crippen molar-refractivity contribution in [2.24, 2.45) is 0 Å². The number of anilines is 1. The van der Waals surface area contributed by atoms with Gasteiger partial charge in [0.25, 0.3) is 0 Å². The van der Waals surface area contributed by atoms with Crippen molar-refractivity contribution in [3.8, 4) is 5.75 Å². The largest absolute Gasteiger partial charge is 0.493 e. The molecule has 21 heavy (non-hydrogen) atoms. The maximum absolute atomic E-state index is 13.4. The molecule has 5 heteroatoms. The van der Waals surface area contributed by atoms with E-state index in [0.29, 0.717) is 23.7 Å². The summed E-state index contributed by atoms with van der Waals surface area (Å²) in [6.45, 7) is 2.72. The van der Waals surface area contributed by atoms with E-state index in [4.69, 9.17) is 4.74 Å². The molecule has 110 valence electrons. The van der Waals surface area contributed by atoms with Crippen LogP contribution in [0.1, 0.15) is 25.3 Å². The molecule has 0 spiro atoms. The molecule has 0 aliphatic heterocycles. The van der Waals surface area contributed by atoms with E-state index in [1.54, 1.807) is 30.6 Å². The van der Waals surface area contributed by atoms with Crippen molar-refractivity contribution in [1.82, 2.24) is 9.97 Å². The van der Waals surface area contributed by atoms with E-state index in [9.17, 15) is 4.39 Å². The van der Waals surface area contributed by atoms with Gasteiger partial charge in [-0.15, -0.1) is 0 Å². The Kier molecular flexibility index (Phi) is 5.70. The number of rotatable bonds is 7. The van der Waals surface area contributed by atoms with Crippen molar-refractivity contribution in [3.05, 3.63) is 54.4 Å². The lowest BCUT2D eigenvalue weighted by molar-refractivity contribution is 0.308. The fourth-order valence-corrected chi connectivity index (χ4v) is 1.70. The lowest BCUT2D eigenvalue weighted by atomic mass is 10.2. The van der Waals surface area contributed by atoms with Gasteiger partial charge in [-0.2, -0.15) is 0 Å². The van der Waals surface area contributed by atoms with Gasteiger partial charge in [0.2, 0.25) is 0 Å². The number of halogens is 1. The minimum absolute atomic E-state index is 0.292. The van der Waals surface area contributed by atoms with Crippen LogP contribution in [0.25, 0.3) is 6.08 Å². The third-order valence-electron chi connectivity index (χ3n) is 2.80. The Labute approximate surface area is 123 Å². The van der Waals surface area contributed by atoms with E-state index in [-0.39, 0.29) is 5.82 Å². The maximum atomic E-state index is 13.4. The summed E-state index contributed by atoms with van der Waals surface area (Å²) in [5.74, 6) is 1.05. The lowest BCUT2D eigenvalue weighted by Crippen LogP contribution is -1.99. The van der Waals surface area contributed by atoms with Gasteiger partial charge in [-0.3, -0.25) is 0 Å². The van der Waals surface area contributed by atoms with Crippen molar-refractivity contribution in [2.45, 2.75) is 19.8 Å². The van der Waals surface area contributed by atoms with Crippen molar-refractivity contribution in [3.63, 3.8) is 0 Å². The summed E-state index contributed by atoms with van der Waals surface area (Å²) in [5, 5.41) is 3.00. The summed E-state index contributed by atoms with van der Waals surface area (Å²) >= 11 is 0. The van der Waals surface area contributed by atoms with E-state index in [0.717, 1.165) is 12.8 Å². The third-order valence-corrected chi connectivity index (χ3v) is 2.80. The fourth-order valence-electron chi connectivity index (χ4n) is 1.70. The first kappa shape index (κ1) is 15.0. The molecule has 2 aromatic rings. The van der Waals surface area contributed by atoms with Gasteiger partial charge in [0.15, 0.2) is 0 Å². The molecular weight excluding hydrogens is 269 g/mol. The molecule has 1 N–H and O–H groups in total. The van der Waals surface area contributed by atoms with Gasteiger partial charge in [0.05, 0.1) is 6.61 Å². The predicted octanol–water partition coefficient (Wildman–Crippen LogP) is 3.88. The number of benzene rings is 1. The summed E-state index contributed by atoms with van der Waals surface area (Å²) < 4.78 is 19.0. The Morgan fingerprint density at radius 1 is 1.33 bits per heavy atom. The van der Waals surface area contributed by atoms with Crippen molar-refractivity contribution in [2.75, 3.05) is 11.9 Å². The second-order valence-electron chi connectivity index (χ2n) is 4.46. The molecule has 1 aromatic carbocycles. The van der Waals surface area contributed by atoms with E-state index >= 15 is 0 Å². The normalized spacial score (nSPS) is 10.8. The summed E-state index contributed by atoms with van der Waals surface area (Å²) in [7, 11) is 0. The van der Waals surface area contributed by atoms with E-state index in [1.165, 1.54) is 18.5 Å². The standard InChI is InChI=1S/C16H18FN3O/c1-2-3-10-21-15-5-4-14(17)11-13(15)6-9-19-16-7-8-18-12-20-16/h4-9,11-12H,2-3,10H2,1H3,(H,18,19,20). The second kappa shape index (κ2) is 7.99. The molecule has 0 unspecified atom stereocenters. The first-order valence-electron chi connectivity index (χ1n) is 6.91. The van der Waals surface area contributed by atoms with Crippen LogP contribution in [0, 0.1) is 5.82 Å². The monoisotopic (exact) mass is 287 g/mol. The number of aromatic nitrogens is 2. The highest BCUT2D eigenvalue weighted by atomic mass is 19.1. The van der Waals surface area contributed by atoms with Crippen molar-refractivity contribution < 1.29 is 9.13 Å². The molecule has 2 rings (SSSR count). The zero-order valence-corrected chi connectivity index (χ0v) is 11.9. The summed E-state index contributed by atoms with van der Waals surface area (Å²) in [6.07, 6.45) is 8.58. The number of ether oxygens (including phenoxy) is 1. The molecule has 0 aliphatic carbocycles. The Hall–Kier alpha value is -2.43. The molecule has 0 saturated carbocycles. The minimum Gasteiger partial charge on any atom is -0.493 e. The van der Waals surface area contributed by atoms with Crippen molar-refractivity contribution >= 4 is 11.9 Å². The number of hydrogen-bond acceptors (Lipinski definition) is 4. The first-order chi connectivity index (χ1) is 10.3. The molecule has 0 amide bonds. The maximum Gasteiger partial charge on any atom is 0.133 e. The highest BCUT2D eigenvalue weighted by molar-refractivity contribution is 5.59. The molecular formula is C16H18FN3O. The fraction of sp³-hybridized carbons (Fsp3) is 0.250. The van der Waals surface area contributed by atoms with E-state index < -0.39 is 0 Å². The van der Waals surface area contributed by atoms with Gasteiger partial charge in [-0.1, -0.05) is 13.3 Å². The molecule has 0 atom stereocenters. The van der Waals surface area contributed by atoms with Crippen LogP contribution in [0.3, 0.4) is 0 Å². The summed E-state index contributed by atoms with van der Waals surface area (Å²) in [5.41, 5.74) is 0.688. The van der Waals surface area contributed by atoms with E-state index in [2.05, 4.69) is 22.2 Å². The number of nitrogens with zero attached hydrogens (tertiary/aromatic N) is 2. The number of nitrogens with one attached hydrogen (secondary N) is 1. The van der Waals surface area contributed by atoms with Crippen LogP contribution in [0.4, 0.5) is 10.2 Å². The number of hydrogen-bond donors (Lipinski definition) is 1. The predicted molar refractivity (Wildman–Crippen MR) is 81.5 cm³/mol. The molecule has 0 fully saturated rings. The second-order valence-corrected chi connectivity index (χ2v) is 4.46. The molecule has 0 aliphatic rings. The van der Waals surface area contributed by atoms with Gasteiger partial charge in [-0.05, 0) is 36.8 Å². The van der Waals surface area contributed by atoms with Crippen LogP contribution in [-0.2, 0) is 0 Å². The average Bonchev–Trinajstić information content (AvgIpc) is 2.51. The van der Waals surface area contributed by atoms with Crippen LogP contribution in [0.2, 0.25) is 0 Å². The zero-order chi connectivity index (χ0) is 14.9. The van der Waals surface area contributed by atoms with Gasteiger partial charge < -0.3 is 10.1 Å². The number of unbranched alkanes of at least 4 members (excludes halogenated alkanes) is 1. The first-order valence-corrected chi connectivity index (χ1v) is 6.91. The van der Waals surface area contributed by atoms with Crippen LogP contribution in [-0.4, -0.2) is 16.6 Å². The highest BCUT2D eigenvalue weighted by Gasteiger charge is 2.02. The molecule has 1 heterocycles. The molecule has 1 aromatic heterocycles. The smallest absolute Gasteiger partial charge is 0.133 e. The lowest BCUT2D eigenvalue weighted by Gasteiger charge is -2.09. The van der Waals surface area contributed by atoms with Crippen LogP contribution in [0.5, 0.6) is 5.75 Å². The van der Waals surface area contributed by atoms with Crippen LogP contribution in [0.15, 0.2) is 43.0 Å². The quantitative estimate of drug-likeness (QED) is 0.785. The summed E-state index contributed by atoms with van der Waals surface area (Å²) in [4.78, 5) is 7.87. The SMILES string of the molecule is CCCCOc1ccc(F)cc1C=CNc1ccncn1. The highest BCUT2D eigenvalue weighted by Crippen LogP contribution is 2.21. The molecule has 0 bridgehead atoms. The minimum atomic E-state index is -0.292. The Morgan fingerprint density at radius 3 is 3.00 bits per heavy atom. The Morgan fingerprint density at radius 2 is 2.24 bits per heavy atom. The Balaban J connectivity index is 2.05. The molecule has 0 radical (unpaired) electrons. The van der Waals surface area contributed by atoms with Gasteiger partial charge in [0.1, 0.15) is 23.7 Å². The summed E-state index contributed by atoms with van der Waals surface area (Å²) in [6, 6.07) is 6.24. The van der Waals surface area contributed by atoms with Gasteiger partial charge in [-0.25, -0.2) is 14.4 Å².